The number of hydrogen-bond donors (Lipinski definition) is 1. The van der Waals surface area contributed by atoms with Crippen molar-refractivity contribution in [2.24, 2.45) is 0 Å². The Bertz CT molecular complexity index is 315. The molecule has 0 aliphatic carbocycles. The van der Waals surface area contributed by atoms with Gasteiger partial charge in [0.1, 0.15) is 0 Å². The van der Waals surface area contributed by atoms with Gasteiger partial charge in [0.2, 0.25) is 0 Å². The molecule has 1 rings (SSSR count). The Labute approximate surface area is 110 Å². The van der Waals surface area contributed by atoms with Gasteiger partial charge in [-0.05, 0) is 57.7 Å². The Morgan fingerprint density at radius 3 is 2.76 bits per heavy atom. The van der Waals surface area contributed by atoms with Crippen molar-refractivity contribution >= 4 is 11.6 Å². The zero-order chi connectivity index (χ0) is 12.5. The van der Waals surface area contributed by atoms with Crippen molar-refractivity contribution in [3.8, 4) is 0 Å². The van der Waals surface area contributed by atoms with Gasteiger partial charge in [-0.1, -0.05) is 30.2 Å². The van der Waals surface area contributed by atoms with Gasteiger partial charge in [-0.3, -0.25) is 0 Å². The Hall–Kier alpha value is -0.570. The third-order valence-electron chi connectivity index (χ3n) is 2.81. The van der Waals surface area contributed by atoms with Gasteiger partial charge < -0.3 is 10.2 Å². The van der Waals surface area contributed by atoms with E-state index in [1.807, 2.05) is 25.2 Å². The van der Waals surface area contributed by atoms with E-state index in [0.717, 1.165) is 24.7 Å². The molecule has 1 aromatic rings. The average molecular weight is 255 g/mol. The van der Waals surface area contributed by atoms with Crippen LogP contribution in [0.15, 0.2) is 24.3 Å². The second-order valence-corrected chi connectivity index (χ2v) is 4.97. The van der Waals surface area contributed by atoms with E-state index >= 15 is 0 Å². The minimum absolute atomic E-state index is 0.824. The Kier molecular flexibility index (Phi) is 7.25. The molecule has 0 saturated heterocycles. The van der Waals surface area contributed by atoms with Crippen LogP contribution in [0.1, 0.15) is 24.8 Å². The standard InChI is InChI=1S/C14H23ClN2/c1-16-9-4-3-5-10-17(2)12-13-7-6-8-14(15)11-13/h6-8,11,16H,3-5,9-10,12H2,1-2H3. The highest BCUT2D eigenvalue weighted by Gasteiger charge is 2.00. The molecule has 0 saturated carbocycles. The number of unbranched alkanes of at least 4 members (excludes halogenated alkanes) is 2. The number of benzene rings is 1. The van der Waals surface area contributed by atoms with E-state index in [4.69, 9.17) is 11.6 Å². The van der Waals surface area contributed by atoms with Crippen LogP contribution >= 0.6 is 11.6 Å². The molecule has 17 heavy (non-hydrogen) atoms. The minimum Gasteiger partial charge on any atom is -0.320 e. The van der Waals surface area contributed by atoms with Crippen molar-refractivity contribution in [1.82, 2.24) is 10.2 Å². The monoisotopic (exact) mass is 254 g/mol. The lowest BCUT2D eigenvalue weighted by Gasteiger charge is -2.16. The third kappa shape index (κ3) is 6.67. The van der Waals surface area contributed by atoms with Crippen LogP contribution in [0, 0.1) is 0 Å². The van der Waals surface area contributed by atoms with Crippen molar-refractivity contribution in [3.63, 3.8) is 0 Å². The quantitative estimate of drug-likeness (QED) is 0.717. The van der Waals surface area contributed by atoms with Gasteiger partial charge in [0, 0.05) is 11.6 Å². The minimum atomic E-state index is 0.824. The van der Waals surface area contributed by atoms with Gasteiger partial charge in [0.05, 0.1) is 0 Å². The van der Waals surface area contributed by atoms with E-state index in [9.17, 15) is 0 Å². The number of halogens is 1. The second-order valence-electron chi connectivity index (χ2n) is 4.53. The molecule has 1 N–H and O–H groups in total. The largest absolute Gasteiger partial charge is 0.320 e. The van der Waals surface area contributed by atoms with E-state index in [0.29, 0.717) is 0 Å². The summed E-state index contributed by atoms with van der Waals surface area (Å²) in [5.41, 5.74) is 1.29. The fraction of sp³-hybridized carbons (Fsp3) is 0.571. The topological polar surface area (TPSA) is 15.3 Å². The van der Waals surface area contributed by atoms with E-state index < -0.39 is 0 Å². The van der Waals surface area contributed by atoms with E-state index in [2.05, 4.69) is 23.3 Å². The summed E-state index contributed by atoms with van der Waals surface area (Å²) in [7, 11) is 4.17. The normalized spacial score (nSPS) is 11.1. The fourth-order valence-electron chi connectivity index (χ4n) is 1.89. The number of nitrogens with one attached hydrogen (secondary N) is 1. The Balaban J connectivity index is 2.18. The highest BCUT2D eigenvalue weighted by Crippen LogP contribution is 2.12. The van der Waals surface area contributed by atoms with Gasteiger partial charge in [0.15, 0.2) is 0 Å². The van der Waals surface area contributed by atoms with Crippen LogP contribution in [-0.2, 0) is 6.54 Å². The average Bonchev–Trinajstić information content (AvgIpc) is 2.29. The maximum Gasteiger partial charge on any atom is 0.0409 e. The molecule has 0 bridgehead atoms. The van der Waals surface area contributed by atoms with Gasteiger partial charge in [-0.15, -0.1) is 0 Å². The van der Waals surface area contributed by atoms with Crippen molar-refractivity contribution in [3.05, 3.63) is 34.9 Å². The highest BCUT2D eigenvalue weighted by atomic mass is 35.5. The summed E-state index contributed by atoms with van der Waals surface area (Å²) in [5, 5.41) is 4.00. The first-order chi connectivity index (χ1) is 8.22. The maximum atomic E-state index is 5.96. The van der Waals surface area contributed by atoms with Gasteiger partial charge in [0.25, 0.3) is 0 Å². The predicted octanol–water partition coefficient (Wildman–Crippen LogP) is 3.16. The Morgan fingerprint density at radius 2 is 2.06 bits per heavy atom. The molecular weight excluding hydrogens is 232 g/mol. The molecule has 0 heterocycles. The van der Waals surface area contributed by atoms with Crippen LogP contribution in [0.2, 0.25) is 5.02 Å². The van der Waals surface area contributed by atoms with Crippen molar-refractivity contribution in [2.75, 3.05) is 27.2 Å². The molecule has 0 atom stereocenters. The molecule has 0 spiro atoms. The maximum absolute atomic E-state index is 5.96. The summed E-state index contributed by atoms with van der Waals surface area (Å²) in [5.74, 6) is 0. The van der Waals surface area contributed by atoms with E-state index in [1.165, 1.54) is 24.8 Å². The van der Waals surface area contributed by atoms with Crippen molar-refractivity contribution in [2.45, 2.75) is 25.8 Å². The zero-order valence-corrected chi connectivity index (χ0v) is 11.6. The first kappa shape index (κ1) is 14.5. The number of nitrogens with zero attached hydrogens (tertiary/aromatic N) is 1. The molecule has 0 aliphatic rings. The number of hydrogen-bond acceptors (Lipinski definition) is 2. The predicted molar refractivity (Wildman–Crippen MR) is 75.6 cm³/mol. The van der Waals surface area contributed by atoms with Gasteiger partial charge in [-0.25, -0.2) is 0 Å². The van der Waals surface area contributed by atoms with Gasteiger partial charge >= 0.3 is 0 Å². The van der Waals surface area contributed by atoms with Crippen molar-refractivity contribution < 1.29 is 0 Å². The van der Waals surface area contributed by atoms with E-state index in [-0.39, 0.29) is 0 Å². The summed E-state index contributed by atoms with van der Waals surface area (Å²) < 4.78 is 0. The molecule has 0 radical (unpaired) electrons. The molecule has 2 nitrogen and oxygen atoms in total. The molecule has 0 fully saturated rings. The summed E-state index contributed by atoms with van der Waals surface area (Å²) in [6.45, 7) is 3.25. The molecule has 0 aromatic heterocycles. The first-order valence-electron chi connectivity index (χ1n) is 6.30. The van der Waals surface area contributed by atoms with Crippen LogP contribution in [0.25, 0.3) is 0 Å². The summed E-state index contributed by atoms with van der Waals surface area (Å²) in [6.07, 6.45) is 3.82. The molecule has 3 heteroatoms. The number of rotatable bonds is 8. The molecule has 1 aromatic carbocycles. The van der Waals surface area contributed by atoms with Crippen molar-refractivity contribution in [1.29, 1.82) is 0 Å². The lowest BCUT2D eigenvalue weighted by Crippen LogP contribution is -2.19. The molecule has 0 amide bonds. The summed E-state index contributed by atoms with van der Waals surface area (Å²) >= 11 is 5.96. The van der Waals surface area contributed by atoms with Crippen LogP contribution in [0.4, 0.5) is 0 Å². The SMILES string of the molecule is CNCCCCCN(C)Cc1cccc(Cl)c1. The van der Waals surface area contributed by atoms with Crippen LogP contribution in [-0.4, -0.2) is 32.1 Å². The van der Waals surface area contributed by atoms with Gasteiger partial charge in [-0.2, -0.15) is 0 Å². The fourth-order valence-corrected chi connectivity index (χ4v) is 2.10. The summed E-state index contributed by atoms with van der Waals surface area (Å²) in [4.78, 5) is 2.35. The molecule has 0 aliphatic heterocycles. The van der Waals surface area contributed by atoms with Crippen LogP contribution in [0.3, 0.4) is 0 Å². The Morgan fingerprint density at radius 1 is 1.24 bits per heavy atom. The van der Waals surface area contributed by atoms with Crippen LogP contribution in [0.5, 0.6) is 0 Å². The molecule has 96 valence electrons. The third-order valence-corrected chi connectivity index (χ3v) is 3.04. The summed E-state index contributed by atoms with van der Waals surface area (Å²) in [6, 6.07) is 8.10. The smallest absolute Gasteiger partial charge is 0.0409 e. The zero-order valence-electron chi connectivity index (χ0n) is 10.9. The molecule has 0 unspecified atom stereocenters. The lowest BCUT2D eigenvalue weighted by molar-refractivity contribution is 0.317. The van der Waals surface area contributed by atoms with Crippen LogP contribution < -0.4 is 5.32 Å². The van der Waals surface area contributed by atoms with E-state index in [1.54, 1.807) is 0 Å². The molecular formula is C14H23ClN2. The highest BCUT2D eigenvalue weighted by molar-refractivity contribution is 6.30. The second kappa shape index (κ2) is 8.51. The first-order valence-corrected chi connectivity index (χ1v) is 6.68. The lowest BCUT2D eigenvalue weighted by atomic mass is 10.2.